The van der Waals surface area contributed by atoms with Crippen molar-refractivity contribution in [2.24, 2.45) is 0 Å². The van der Waals surface area contributed by atoms with Crippen LogP contribution in [0, 0.1) is 0 Å². The van der Waals surface area contributed by atoms with Crippen LogP contribution < -0.4 is 9.47 Å². The Morgan fingerprint density at radius 2 is 2.04 bits per heavy atom. The molecule has 0 aliphatic heterocycles. The van der Waals surface area contributed by atoms with Crippen molar-refractivity contribution < 1.29 is 9.47 Å². The zero-order valence-electron chi connectivity index (χ0n) is 13.8. The first-order valence-electron chi connectivity index (χ1n) is 8.17. The second-order valence-electron chi connectivity index (χ2n) is 5.71. The molecule has 0 fully saturated rings. The summed E-state index contributed by atoms with van der Waals surface area (Å²) in [5, 5.41) is 0.592. The lowest BCUT2D eigenvalue weighted by Gasteiger charge is -2.16. The van der Waals surface area contributed by atoms with E-state index in [0.717, 1.165) is 36.6 Å². The zero-order valence-corrected chi connectivity index (χ0v) is 14.6. The molecule has 1 N–H and O–H groups in total. The summed E-state index contributed by atoms with van der Waals surface area (Å²) >= 11 is 6.19. The van der Waals surface area contributed by atoms with Gasteiger partial charge >= 0.3 is 0 Å². The number of unbranched alkanes of at least 4 members (excludes halogenated alkanes) is 3. The minimum Gasteiger partial charge on any atom is -0.497 e. The van der Waals surface area contributed by atoms with Crippen molar-refractivity contribution >= 4 is 11.6 Å². The van der Waals surface area contributed by atoms with Gasteiger partial charge in [-0.3, -0.25) is 0 Å². The number of benzene rings is 1. The van der Waals surface area contributed by atoms with Gasteiger partial charge < -0.3 is 14.5 Å². The normalized spacial score (nSPS) is 12.1. The zero-order chi connectivity index (χ0) is 16.5. The van der Waals surface area contributed by atoms with Crippen molar-refractivity contribution in [3.63, 3.8) is 0 Å². The smallest absolute Gasteiger partial charge is 0.138 e. The molecule has 0 aliphatic carbocycles. The molecule has 1 atom stereocenters. The summed E-state index contributed by atoms with van der Waals surface area (Å²) < 4.78 is 11.0. The molecule has 23 heavy (non-hydrogen) atoms. The first-order valence-corrected chi connectivity index (χ1v) is 8.55. The number of nitrogens with zero attached hydrogens (tertiary/aromatic N) is 1. The molecule has 1 aromatic carbocycles. The van der Waals surface area contributed by atoms with Crippen molar-refractivity contribution in [1.29, 1.82) is 0 Å². The van der Waals surface area contributed by atoms with Crippen molar-refractivity contribution in [3.8, 4) is 11.5 Å². The first-order chi connectivity index (χ1) is 11.2. The van der Waals surface area contributed by atoms with Crippen LogP contribution in [0.2, 0.25) is 5.02 Å². The van der Waals surface area contributed by atoms with E-state index in [4.69, 9.17) is 21.1 Å². The number of H-pyrrole nitrogens is 1. The molecule has 0 spiro atoms. The SMILES string of the molecule is COc1ccc(OC(C)CCCCCCc2ncc[nH]2)c(Cl)c1. The van der Waals surface area contributed by atoms with E-state index in [1.54, 1.807) is 19.4 Å². The molecule has 5 heteroatoms. The van der Waals surface area contributed by atoms with E-state index < -0.39 is 0 Å². The summed E-state index contributed by atoms with van der Waals surface area (Å²) in [4.78, 5) is 7.37. The highest BCUT2D eigenvalue weighted by Gasteiger charge is 2.08. The third-order valence-corrected chi connectivity index (χ3v) is 4.09. The molecular formula is C18H25ClN2O2. The van der Waals surface area contributed by atoms with E-state index in [1.807, 2.05) is 18.3 Å². The number of halogens is 1. The Bertz CT molecular complexity index is 572. The van der Waals surface area contributed by atoms with Gasteiger partial charge in [0.15, 0.2) is 0 Å². The van der Waals surface area contributed by atoms with E-state index in [-0.39, 0.29) is 6.10 Å². The highest BCUT2D eigenvalue weighted by molar-refractivity contribution is 6.32. The average Bonchev–Trinajstić information content (AvgIpc) is 3.06. The molecule has 0 amide bonds. The lowest BCUT2D eigenvalue weighted by Crippen LogP contribution is -2.11. The van der Waals surface area contributed by atoms with Crippen LogP contribution in [-0.4, -0.2) is 23.2 Å². The summed E-state index contributed by atoms with van der Waals surface area (Å²) in [6.07, 6.45) is 10.7. The number of aromatic amines is 1. The number of imidazole rings is 1. The van der Waals surface area contributed by atoms with Crippen LogP contribution in [0.5, 0.6) is 11.5 Å². The number of methoxy groups -OCH3 is 1. The Labute approximate surface area is 143 Å². The van der Waals surface area contributed by atoms with Crippen LogP contribution in [0.3, 0.4) is 0 Å². The number of rotatable bonds is 10. The number of hydrogen-bond acceptors (Lipinski definition) is 3. The molecule has 2 aromatic rings. The van der Waals surface area contributed by atoms with Crippen molar-refractivity contribution in [3.05, 3.63) is 41.4 Å². The maximum absolute atomic E-state index is 6.19. The second-order valence-corrected chi connectivity index (χ2v) is 6.12. The standard InChI is InChI=1S/C18H25ClN2O2/c1-14(23-17-10-9-15(22-2)13-16(17)19)7-5-3-4-6-8-18-20-11-12-21-18/h9-14H,3-8H2,1-2H3,(H,20,21). The highest BCUT2D eigenvalue weighted by atomic mass is 35.5. The summed E-state index contributed by atoms with van der Waals surface area (Å²) in [5.74, 6) is 2.54. The maximum Gasteiger partial charge on any atom is 0.138 e. The van der Waals surface area contributed by atoms with Gasteiger partial charge in [-0.25, -0.2) is 4.98 Å². The van der Waals surface area contributed by atoms with Crippen LogP contribution in [-0.2, 0) is 6.42 Å². The van der Waals surface area contributed by atoms with Crippen LogP contribution in [0.25, 0.3) is 0 Å². The maximum atomic E-state index is 6.19. The topological polar surface area (TPSA) is 47.1 Å². The molecule has 2 rings (SSSR count). The minimum absolute atomic E-state index is 0.158. The number of hydrogen-bond donors (Lipinski definition) is 1. The largest absolute Gasteiger partial charge is 0.497 e. The molecule has 0 radical (unpaired) electrons. The molecule has 1 aromatic heterocycles. The number of nitrogens with one attached hydrogen (secondary N) is 1. The van der Waals surface area contributed by atoms with E-state index in [2.05, 4.69) is 16.9 Å². The summed E-state index contributed by atoms with van der Waals surface area (Å²) in [7, 11) is 1.63. The molecule has 0 bridgehead atoms. The second kappa shape index (κ2) is 9.46. The summed E-state index contributed by atoms with van der Waals surface area (Å²) in [6, 6.07) is 5.50. The Hall–Kier alpha value is -1.68. The van der Waals surface area contributed by atoms with Gasteiger partial charge in [0.25, 0.3) is 0 Å². The predicted octanol–water partition coefficient (Wildman–Crippen LogP) is 5.03. The van der Waals surface area contributed by atoms with Gasteiger partial charge in [-0.2, -0.15) is 0 Å². The number of aryl methyl sites for hydroxylation is 1. The van der Waals surface area contributed by atoms with Crippen molar-refractivity contribution in [2.45, 2.75) is 51.6 Å². The molecule has 1 heterocycles. The average molecular weight is 337 g/mol. The molecule has 1 unspecified atom stereocenters. The van der Waals surface area contributed by atoms with E-state index in [9.17, 15) is 0 Å². The summed E-state index contributed by atoms with van der Waals surface area (Å²) in [5.41, 5.74) is 0. The highest BCUT2D eigenvalue weighted by Crippen LogP contribution is 2.29. The lowest BCUT2D eigenvalue weighted by atomic mass is 10.1. The van der Waals surface area contributed by atoms with Crippen molar-refractivity contribution in [2.75, 3.05) is 7.11 Å². The lowest BCUT2D eigenvalue weighted by molar-refractivity contribution is 0.206. The van der Waals surface area contributed by atoms with Crippen LogP contribution in [0.15, 0.2) is 30.6 Å². The van der Waals surface area contributed by atoms with E-state index in [1.165, 1.54) is 19.3 Å². The Balaban J connectivity index is 1.60. The van der Waals surface area contributed by atoms with E-state index in [0.29, 0.717) is 5.02 Å². The third kappa shape index (κ3) is 6.14. The van der Waals surface area contributed by atoms with Gasteiger partial charge in [-0.05, 0) is 38.3 Å². The van der Waals surface area contributed by atoms with Crippen LogP contribution >= 0.6 is 11.6 Å². The third-order valence-electron chi connectivity index (χ3n) is 3.80. The van der Waals surface area contributed by atoms with E-state index >= 15 is 0 Å². The first kappa shape index (κ1) is 17.7. The fraction of sp³-hybridized carbons (Fsp3) is 0.500. The molecule has 0 saturated heterocycles. The van der Waals surface area contributed by atoms with Crippen LogP contribution in [0.1, 0.15) is 44.9 Å². The Morgan fingerprint density at radius 1 is 1.22 bits per heavy atom. The minimum atomic E-state index is 0.158. The fourth-order valence-corrected chi connectivity index (χ4v) is 2.71. The van der Waals surface area contributed by atoms with Crippen LogP contribution in [0.4, 0.5) is 0 Å². The van der Waals surface area contributed by atoms with Gasteiger partial charge in [0.1, 0.15) is 17.3 Å². The molecule has 4 nitrogen and oxygen atoms in total. The van der Waals surface area contributed by atoms with Crippen molar-refractivity contribution in [1.82, 2.24) is 9.97 Å². The molecule has 0 saturated carbocycles. The van der Waals surface area contributed by atoms with Gasteiger partial charge in [0.2, 0.25) is 0 Å². The van der Waals surface area contributed by atoms with Gasteiger partial charge in [0.05, 0.1) is 18.2 Å². The molecule has 126 valence electrons. The van der Waals surface area contributed by atoms with Gasteiger partial charge in [-0.1, -0.05) is 24.4 Å². The van der Waals surface area contributed by atoms with Gasteiger partial charge in [0, 0.05) is 24.9 Å². The Morgan fingerprint density at radius 3 is 2.74 bits per heavy atom. The fourth-order valence-electron chi connectivity index (χ4n) is 2.49. The van der Waals surface area contributed by atoms with Gasteiger partial charge in [-0.15, -0.1) is 0 Å². The molecular weight excluding hydrogens is 312 g/mol. The number of ether oxygens (including phenoxy) is 2. The Kier molecular flexibility index (Phi) is 7.27. The number of aromatic nitrogens is 2. The monoisotopic (exact) mass is 336 g/mol. The molecule has 0 aliphatic rings. The summed E-state index contributed by atoms with van der Waals surface area (Å²) in [6.45, 7) is 2.09. The predicted molar refractivity (Wildman–Crippen MR) is 93.5 cm³/mol. The quantitative estimate of drug-likeness (QED) is 0.619.